The average Bonchev–Trinajstić information content (AvgIpc) is 1.89. The fraction of sp³-hybridized carbons (Fsp3) is 0.571. The third-order valence-electron chi connectivity index (χ3n) is 0.804. The van der Waals surface area contributed by atoms with Gasteiger partial charge in [0, 0.05) is 0 Å². The lowest BCUT2D eigenvalue weighted by molar-refractivity contribution is 0.0604. The van der Waals surface area contributed by atoms with Crippen molar-refractivity contribution >= 4 is 6.16 Å². The van der Waals surface area contributed by atoms with Crippen LogP contribution in [0, 0.1) is 0 Å². The second kappa shape index (κ2) is 6.13. The monoisotopic (exact) mass is 144 g/mol. The molecule has 0 spiro atoms. The Morgan fingerprint density at radius 1 is 1.60 bits per heavy atom. The molecule has 0 aliphatic heterocycles. The van der Waals surface area contributed by atoms with Crippen LogP contribution < -0.4 is 0 Å². The van der Waals surface area contributed by atoms with Crippen molar-refractivity contribution in [1.82, 2.24) is 0 Å². The Balaban J connectivity index is 3.13. The number of carbonyl (C=O) groups is 1. The molecule has 3 heteroatoms. The van der Waals surface area contributed by atoms with Crippen molar-refractivity contribution in [3.63, 3.8) is 0 Å². The smallest absolute Gasteiger partial charge is 0.435 e. The first-order valence-corrected chi connectivity index (χ1v) is 3.21. The van der Waals surface area contributed by atoms with Crippen molar-refractivity contribution in [1.29, 1.82) is 0 Å². The van der Waals surface area contributed by atoms with Crippen LogP contribution in [0.1, 0.15) is 13.3 Å². The maximum atomic E-state index is 10.4. The second-order valence-corrected chi connectivity index (χ2v) is 1.61. The molecule has 0 amide bonds. The van der Waals surface area contributed by atoms with Crippen molar-refractivity contribution in [2.75, 3.05) is 13.2 Å². The number of hydrogen-bond donors (Lipinski definition) is 0. The van der Waals surface area contributed by atoms with Gasteiger partial charge in [-0.1, -0.05) is 6.08 Å². The number of carbonyl (C=O) groups excluding carboxylic acids is 1. The van der Waals surface area contributed by atoms with Crippen LogP contribution in [0.5, 0.6) is 0 Å². The van der Waals surface area contributed by atoms with Crippen LogP contribution in [0.4, 0.5) is 4.79 Å². The maximum Gasteiger partial charge on any atom is 0.508 e. The molecule has 0 N–H and O–H groups in total. The summed E-state index contributed by atoms with van der Waals surface area (Å²) in [6.45, 7) is 5.91. The van der Waals surface area contributed by atoms with Gasteiger partial charge in [-0.25, -0.2) is 4.79 Å². The topological polar surface area (TPSA) is 35.5 Å². The van der Waals surface area contributed by atoms with Crippen LogP contribution in [0.25, 0.3) is 0 Å². The van der Waals surface area contributed by atoms with Gasteiger partial charge < -0.3 is 9.47 Å². The quantitative estimate of drug-likeness (QED) is 0.342. The molecule has 58 valence electrons. The van der Waals surface area contributed by atoms with Gasteiger partial charge in [0.15, 0.2) is 0 Å². The minimum atomic E-state index is -0.607. The van der Waals surface area contributed by atoms with Gasteiger partial charge in [-0.2, -0.15) is 0 Å². The summed E-state index contributed by atoms with van der Waals surface area (Å²) in [5.41, 5.74) is 0. The highest BCUT2D eigenvalue weighted by molar-refractivity contribution is 5.59. The Hall–Kier alpha value is -0.990. The minimum absolute atomic E-state index is 0.350. The van der Waals surface area contributed by atoms with E-state index in [0.717, 1.165) is 0 Å². The van der Waals surface area contributed by atoms with Gasteiger partial charge in [0.05, 0.1) is 13.2 Å². The summed E-state index contributed by atoms with van der Waals surface area (Å²) in [6.07, 6.45) is 1.74. The van der Waals surface area contributed by atoms with Gasteiger partial charge in [0.2, 0.25) is 0 Å². The van der Waals surface area contributed by atoms with Gasteiger partial charge in [-0.15, -0.1) is 6.58 Å². The number of rotatable bonds is 4. The Morgan fingerprint density at radius 3 is 2.80 bits per heavy atom. The predicted molar refractivity (Wildman–Crippen MR) is 37.8 cm³/mol. The highest BCUT2D eigenvalue weighted by Gasteiger charge is 1.98. The zero-order valence-corrected chi connectivity index (χ0v) is 6.13. The van der Waals surface area contributed by atoms with Gasteiger partial charge in [0.25, 0.3) is 0 Å². The third kappa shape index (κ3) is 5.15. The molecule has 0 atom stereocenters. The molecule has 0 rings (SSSR count). The van der Waals surface area contributed by atoms with Gasteiger partial charge in [0.1, 0.15) is 0 Å². The van der Waals surface area contributed by atoms with E-state index in [-0.39, 0.29) is 0 Å². The second-order valence-electron chi connectivity index (χ2n) is 1.61. The summed E-state index contributed by atoms with van der Waals surface area (Å²) < 4.78 is 9.08. The lowest BCUT2D eigenvalue weighted by Gasteiger charge is -2.00. The molecule has 0 radical (unpaired) electrons. The summed E-state index contributed by atoms with van der Waals surface area (Å²) in [4.78, 5) is 10.4. The van der Waals surface area contributed by atoms with Crippen LogP contribution in [-0.4, -0.2) is 19.4 Å². The lowest BCUT2D eigenvalue weighted by Crippen LogP contribution is -2.07. The molecule has 0 bridgehead atoms. The fourth-order valence-electron chi connectivity index (χ4n) is 0.385. The molecule has 0 aromatic rings. The van der Waals surface area contributed by atoms with E-state index in [1.807, 2.05) is 0 Å². The van der Waals surface area contributed by atoms with Crippen molar-refractivity contribution in [2.45, 2.75) is 13.3 Å². The highest BCUT2D eigenvalue weighted by atomic mass is 16.7. The first kappa shape index (κ1) is 9.01. The van der Waals surface area contributed by atoms with Crippen LogP contribution >= 0.6 is 0 Å². The SMILES string of the molecule is C=CCCOC(=O)OCC. The van der Waals surface area contributed by atoms with E-state index in [1.165, 1.54) is 0 Å². The van der Waals surface area contributed by atoms with Crippen LogP contribution in [0.15, 0.2) is 12.7 Å². The zero-order valence-electron chi connectivity index (χ0n) is 6.13. The van der Waals surface area contributed by atoms with Gasteiger partial charge >= 0.3 is 6.16 Å². The van der Waals surface area contributed by atoms with E-state index in [9.17, 15) is 4.79 Å². The molecular weight excluding hydrogens is 132 g/mol. The van der Waals surface area contributed by atoms with E-state index < -0.39 is 6.16 Å². The molecular formula is C7H12O3. The molecule has 0 aromatic carbocycles. The summed E-state index contributed by atoms with van der Waals surface area (Å²) in [5, 5.41) is 0. The average molecular weight is 144 g/mol. The van der Waals surface area contributed by atoms with Gasteiger partial charge in [-0.3, -0.25) is 0 Å². The molecule has 0 fully saturated rings. The predicted octanol–water partition coefficient (Wildman–Crippen LogP) is 1.74. The molecule has 0 saturated carbocycles. The van der Waals surface area contributed by atoms with E-state index in [1.54, 1.807) is 13.0 Å². The van der Waals surface area contributed by atoms with Crippen molar-refractivity contribution < 1.29 is 14.3 Å². The number of hydrogen-bond acceptors (Lipinski definition) is 3. The normalized spacial score (nSPS) is 8.50. The lowest BCUT2D eigenvalue weighted by atomic mass is 10.5. The molecule has 0 unspecified atom stereocenters. The molecule has 0 saturated heterocycles. The largest absolute Gasteiger partial charge is 0.508 e. The maximum absolute atomic E-state index is 10.4. The molecule has 0 aliphatic rings. The molecule has 3 nitrogen and oxygen atoms in total. The van der Waals surface area contributed by atoms with Crippen molar-refractivity contribution in [3.8, 4) is 0 Å². The first-order valence-electron chi connectivity index (χ1n) is 3.21. The van der Waals surface area contributed by atoms with Gasteiger partial charge in [-0.05, 0) is 13.3 Å². The van der Waals surface area contributed by atoms with Crippen molar-refractivity contribution in [3.05, 3.63) is 12.7 Å². The number of ether oxygens (including phenoxy) is 2. The standard InChI is InChI=1S/C7H12O3/c1-3-5-6-10-7(8)9-4-2/h3H,1,4-6H2,2H3. The minimum Gasteiger partial charge on any atom is -0.435 e. The van der Waals surface area contributed by atoms with Crippen LogP contribution in [0.3, 0.4) is 0 Å². The summed E-state index contributed by atoms with van der Waals surface area (Å²) in [7, 11) is 0. The molecule has 0 aromatic heterocycles. The summed E-state index contributed by atoms with van der Waals surface area (Å²) in [5.74, 6) is 0. The zero-order chi connectivity index (χ0) is 7.82. The molecule has 0 heterocycles. The van der Waals surface area contributed by atoms with E-state index in [4.69, 9.17) is 0 Å². The molecule has 0 aliphatic carbocycles. The van der Waals surface area contributed by atoms with E-state index >= 15 is 0 Å². The Bertz CT molecular complexity index is 109. The first-order chi connectivity index (χ1) is 4.81. The third-order valence-corrected chi connectivity index (χ3v) is 0.804. The highest BCUT2D eigenvalue weighted by Crippen LogP contribution is 1.87. The van der Waals surface area contributed by atoms with Crippen LogP contribution in [0.2, 0.25) is 0 Å². The molecule has 10 heavy (non-hydrogen) atoms. The fourth-order valence-corrected chi connectivity index (χ4v) is 0.385. The summed E-state index contributed by atoms with van der Waals surface area (Å²) in [6, 6.07) is 0. The Labute approximate surface area is 60.6 Å². The van der Waals surface area contributed by atoms with Crippen LogP contribution in [-0.2, 0) is 9.47 Å². The Kier molecular flexibility index (Phi) is 5.53. The Morgan fingerprint density at radius 2 is 2.30 bits per heavy atom. The van der Waals surface area contributed by atoms with E-state index in [2.05, 4.69) is 16.1 Å². The van der Waals surface area contributed by atoms with E-state index in [0.29, 0.717) is 19.6 Å². The van der Waals surface area contributed by atoms with Crippen molar-refractivity contribution in [2.24, 2.45) is 0 Å². The summed E-state index contributed by atoms with van der Waals surface area (Å²) >= 11 is 0.